The van der Waals surface area contributed by atoms with Gasteiger partial charge in [0.25, 0.3) is 0 Å². The average molecular weight is 285 g/mol. The van der Waals surface area contributed by atoms with Crippen LogP contribution in [0, 0.1) is 12.3 Å². The Labute approximate surface area is 125 Å². The van der Waals surface area contributed by atoms with Crippen LogP contribution >= 0.6 is 0 Å². The molecule has 0 atom stereocenters. The Balaban J connectivity index is 2.25. The SMILES string of the molecule is CCC1(CC)CCc2c(c(C)c3cc(OC)ccn23)C1=O. The number of ketones is 1. The minimum Gasteiger partial charge on any atom is -0.497 e. The number of rotatable bonds is 3. The molecule has 2 heterocycles. The van der Waals surface area contributed by atoms with Crippen LogP contribution in [0.15, 0.2) is 18.3 Å². The molecule has 0 fully saturated rings. The lowest BCUT2D eigenvalue weighted by atomic mass is 9.68. The number of pyridine rings is 1. The molecule has 0 aliphatic heterocycles. The molecule has 0 radical (unpaired) electrons. The number of aromatic nitrogens is 1. The first kappa shape index (κ1) is 14.2. The number of Topliss-reactive ketones (excluding diaryl/α,β-unsaturated/α-hetero) is 1. The van der Waals surface area contributed by atoms with Gasteiger partial charge in [-0.3, -0.25) is 4.79 Å². The van der Waals surface area contributed by atoms with E-state index in [1.807, 2.05) is 18.3 Å². The van der Waals surface area contributed by atoms with E-state index in [1.165, 1.54) is 5.69 Å². The van der Waals surface area contributed by atoms with E-state index in [1.54, 1.807) is 7.11 Å². The van der Waals surface area contributed by atoms with Crippen molar-refractivity contribution in [2.75, 3.05) is 7.11 Å². The number of aryl methyl sites for hydroxylation is 2. The highest BCUT2D eigenvalue weighted by molar-refractivity contribution is 6.05. The van der Waals surface area contributed by atoms with Crippen LogP contribution in [0.25, 0.3) is 5.52 Å². The number of fused-ring (bicyclic) bond motifs is 3. The summed E-state index contributed by atoms with van der Waals surface area (Å²) in [7, 11) is 1.67. The van der Waals surface area contributed by atoms with E-state index < -0.39 is 0 Å². The lowest BCUT2D eigenvalue weighted by Gasteiger charge is -2.34. The van der Waals surface area contributed by atoms with Gasteiger partial charge in [0.15, 0.2) is 5.78 Å². The highest BCUT2D eigenvalue weighted by Gasteiger charge is 2.41. The van der Waals surface area contributed by atoms with Gasteiger partial charge in [-0.2, -0.15) is 0 Å². The second-order valence-corrected chi connectivity index (χ2v) is 6.09. The molecule has 21 heavy (non-hydrogen) atoms. The van der Waals surface area contributed by atoms with E-state index in [9.17, 15) is 4.79 Å². The van der Waals surface area contributed by atoms with Gasteiger partial charge < -0.3 is 9.14 Å². The zero-order valence-corrected chi connectivity index (χ0v) is 13.3. The van der Waals surface area contributed by atoms with E-state index in [0.717, 1.165) is 48.1 Å². The van der Waals surface area contributed by atoms with Gasteiger partial charge >= 0.3 is 0 Å². The molecule has 3 heteroatoms. The van der Waals surface area contributed by atoms with E-state index in [-0.39, 0.29) is 5.41 Å². The molecule has 3 nitrogen and oxygen atoms in total. The van der Waals surface area contributed by atoms with Crippen molar-refractivity contribution < 1.29 is 9.53 Å². The average Bonchev–Trinajstić information content (AvgIpc) is 2.81. The van der Waals surface area contributed by atoms with Crippen molar-refractivity contribution in [3.8, 4) is 5.75 Å². The van der Waals surface area contributed by atoms with E-state index >= 15 is 0 Å². The molecule has 112 valence electrons. The van der Waals surface area contributed by atoms with Crippen molar-refractivity contribution in [3.05, 3.63) is 35.2 Å². The maximum Gasteiger partial charge on any atom is 0.171 e. The molecule has 0 bridgehead atoms. The molecular formula is C18H23NO2. The topological polar surface area (TPSA) is 30.7 Å². The number of nitrogens with zero attached hydrogens (tertiary/aromatic N) is 1. The number of methoxy groups -OCH3 is 1. The largest absolute Gasteiger partial charge is 0.497 e. The third-order valence-electron chi connectivity index (χ3n) is 5.40. The second-order valence-electron chi connectivity index (χ2n) is 6.09. The number of carbonyl (C=O) groups is 1. The summed E-state index contributed by atoms with van der Waals surface area (Å²) >= 11 is 0. The summed E-state index contributed by atoms with van der Waals surface area (Å²) in [6, 6.07) is 3.99. The minimum absolute atomic E-state index is 0.160. The minimum atomic E-state index is -0.160. The molecule has 0 amide bonds. The number of hydrogen-bond donors (Lipinski definition) is 0. The van der Waals surface area contributed by atoms with Crippen LogP contribution in [0.3, 0.4) is 0 Å². The molecule has 1 aliphatic rings. The fraction of sp³-hybridized carbons (Fsp3) is 0.500. The van der Waals surface area contributed by atoms with Crippen LogP contribution < -0.4 is 4.74 Å². The first-order chi connectivity index (χ1) is 10.1. The first-order valence-electron chi connectivity index (χ1n) is 7.80. The number of ether oxygens (including phenoxy) is 1. The third-order valence-corrected chi connectivity index (χ3v) is 5.40. The quantitative estimate of drug-likeness (QED) is 0.846. The molecule has 2 aromatic rings. The summed E-state index contributed by atoms with van der Waals surface area (Å²) in [6.45, 7) is 6.34. The van der Waals surface area contributed by atoms with Gasteiger partial charge in [0.1, 0.15) is 5.75 Å². The summed E-state index contributed by atoms with van der Waals surface area (Å²) in [5, 5.41) is 0. The Bertz CT molecular complexity index is 708. The molecule has 1 aliphatic carbocycles. The predicted molar refractivity (Wildman–Crippen MR) is 84.4 cm³/mol. The lowest BCUT2D eigenvalue weighted by molar-refractivity contribution is 0.0736. The Kier molecular flexibility index (Phi) is 3.31. The lowest BCUT2D eigenvalue weighted by Crippen LogP contribution is -2.35. The zero-order chi connectivity index (χ0) is 15.2. The fourth-order valence-corrected chi connectivity index (χ4v) is 3.80. The standard InChI is InChI=1S/C18H23NO2/c1-5-18(6-2)9-7-14-16(17(18)20)12(3)15-11-13(21-4)8-10-19(14)15/h8,10-11H,5-7,9H2,1-4H3. The molecule has 0 saturated carbocycles. The molecule has 0 aromatic carbocycles. The van der Waals surface area contributed by atoms with Crippen molar-refractivity contribution in [3.63, 3.8) is 0 Å². The van der Waals surface area contributed by atoms with Crippen LogP contribution in [-0.2, 0) is 6.42 Å². The third kappa shape index (κ3) is 1.83. The van der Waals surface area contributed by atoms with Crippen molar-refractivity contribution in [1.82, 2.24) is 4.40 Å². The molecule has 0 spiro atoms. The van der Waals surface area contributed by atoms with Crippen molar-refractivity contribution in [1.29, 1.82) is 0 Å². The highest BCUT2D eigenvalue weighted by Crippen LogP contribution is 2.43. The van der Waals surface area contributed by atoms with Gasteiger partial charge in [-0.15, -0.1) is 0 Å². The Morgan fingerprint density at radius 1 is 1.33 bits per heavy atom. The molecular weight excluding hydrogens is 262 g/mol. The number of carbonyl (C=O) groups excluding carboxylic acids is 1. The van der Waals surface area contributed by atoms with Gasteiger partial charge in [-0.25, -0.2) is 0 Å². The Morgan fingerprint density at radius 3 is 2.67 bits per heavy atom. The Morgan fingerprint density at radius 2 is 2.05 bits per heavy atom. The summed E-state index contributed by atoms with van der Waals surface area (Å²) < 4.78 is 7.49. The van der Waals surface area contributed by atoms with Crippen LogP contribution in [0.5, 0.6) is 5.75 Å². The van der Waals surface area contributed by atoms with Crippen molar-refractivity contribution in [2.24, 2.45) is 5.41 Å². The zero-order valence-electron chi connectivity index (χ0n) is 13.3. The second kappa shape index (κ2) is 4.90. The molecule has 0 N–H and O–H groups in total. The van der Waals surface area contributed by atoms with Gasteiger partial charge in [0.2, 0.25) is 0 Å². The summed E-state index contributed by atoms with van der Waals surface area (Å²) in [6.07, 6.45) is 5.82. The van der Waals surface area contributed by atoms with E-state index in [4.69, 9.17) is 4.74 Å². The maximum absolute atomic E-state index is 13.1. The maximum atomic E-state index is 13.1. The Hall–Kier alpha value is -1.77. The first-order valence-corrected chi connectivity index (χ1v) is 7.80. The highest BCUT2D eigenvalue weighted by atomic mass is 16.5. The van der Waals surface area contributed by atoms with Gasteiger partial charge in [0, 0.05) is 28.9 Å². The summed E-state index contributed by atoms with van der Waals surface area (Å²) in [5.41, 5.74) is 4.16. The molecule has 2 aromatic heterocycles. The molecule has 0 saturated heterocycles. The smallest absolute Gasteiger partial charge is 0.171 e. The van der Waals surface area contributed by atoms with Crippen LogP contribution in [0.4, 0.5) is 0 Å². The van der Waals surface area contributed by atoms with Crippen LogP contribution in [0.2, 0.25) is 0 Å². The van der Waals surface area contributed by atoms with Gasteiger partial charge in [-0.05, 0) is 44.2 Å². The van der Waals surface area contributed by atoms with Gasteiger partial charge in [-0.1, -0.05) is 13.8 Å². The molecule has 3 rings (SSSR count). The monoisotopic (exact) mass is 285 g/mol. The van der Waals surface area contributed by atoms with Gasteiger partial charge in [0.05, 0.1) is 12.6 Å². The summed E-state index contributed by atoms with van der Waals surface area (Å²) in [4.78, 5) is 13.1. The number of hydrogen-bond acceptors (Lipinski definition) is 2. The van der Waals surface area contributed by atoms with E-state index in [2.05, 4.69) is 25.2 Å². The van der Waals surface area contributed by atoms with Crippen LogP contribution in [-0.4, -0.2) is 17.3 Å². The fourth-order valence-electron chi connectivity index (χ4n) is 3.80. The normalized spacial score (nSPS) is 17.0. The molecule has 0 unspecified atom stereocenters. The van der Waals surface area contributed by atoms with Crippen molar-refractivity contribution >= 4 is 11.3 Å². The van der Waals surface area contributed by atoms with Crippen molar-refractivity contribution in [2.45, 2.75) is 46.5 Å². The van der Waals surface area contributed by atoms with E-state index in [0.29, 0.717) is 5.78 Å². The summed E-state index contributed by atoms with van der Waals surface area (Å²) in [5.74, 6) is 1.18. The predicted octanol–water partition coefficient (Wildman–Crippen LogP) is 4.19. The van der Waals surface area contributed by atoms with Crippen LogP contribution in [0.1, 0.15) is 54.7 Å².